The van der Waals surface area contributed by atoms with Crippen LogP contribution in [0.3, 0.4) is 0 Å². The highest BCUT2D eigenvalue weighted by Gasteiger charge is 2.22. The van der Waals surface area contributed by atoms with Gasteiger partial charge in [0, 0.05) is 16.1 Å². The number of nitrogens with zero attached hydrogens (tertiary/aromatic N) is 3. The second-order valence-electron chi connectivity index (χ2n) is 6.84. The number of methoxy groups -OCH3 is 3. The highest BCUT2D eigenvalue weighted by molar-refractivity contribution is 9.10. The summed E-state index contributed by atoms with van der Waals surface area (Å²) in [5.41, 5.74) is 1.94. The molecule has 0 saturated heterocycles. The predicted molar refractivity (Wildman–Crippen MR) is 134 cm³/mol. The zero-order chi connectivity index (χ0) is 23.4. The Morgan fingerprint density at radius 3 is 2.24 bits per heavy atom. The molecule has 1 amide bonds. The topological polar surface area (TPSA) is 73.2 Å². The van der Waals surface area contributed by atoms with Crippen molar-refractivity contribution in [1.82, 2.24) is 4.98 Å². The first-order valence-corrected chi connectivity index (χ1v) is 11.4. The third-order valence-corrected chi connectivity index (χ3v) is 6.24. The summed E-state index contributed by atoms with van der Waals surface area (Å²) < 4.78 is 17.7. The SMILES string of the molecule is COc1ccc(/C=N/N(C(=O)c2cc(OC)cc(OC)c2)c2nc3ccc(Br)cc3s2)cc1. The number of hydrazone groups is 1. The number of aromatic nitrogens is 1. The Hall–Kier alpha value is -3.43. The summed E-state index contributed by atoms with van der Waals surface area (Å²) in [6.07, 6.45) is 1.61. The van der Waals surface area contributed by atoms with Crippen LogP contribution in [0.15, 0.2) is 70.2 Å². The Morgan fingerprint density at radius 2 is 1.61 bits per heavy atom. The van der Waals surface area contributed by atoms with E-state index in [9.17, 15) is 4.79 Å². The van der Waals surface area contributed by atoms with Crippen molar-refractivity contribution < 1.29 is 19.0 Å². The average molecular weight is 526 g/mol. The van der Waals surface area contributed by atoms with Gasteiger partial charge in [-0.25, -0.2) is 4.98 Å². The van der Waals surface area contributed by atoms with Gasteiger partial charge in [-0.15, -0.1) is 0 Å². The van der Waals surface area contributed by atoms with E-state index < -0.39 is 0 Å². The van der Waals surface area contributed by atoms with Gasteiger partial charge < -0.3 is 14.2 Å². The number of amides is 1. The lowest BCUT2D eigenvalue weighted by Crippen LogP contribution is -2.25. The van der Waals surface area contributed by atoms with Gasteiger partial charge in [-0.1, -0.05) is 27.3 Å². The average Bonchev–Trinajstić information content (AvgIpc) is 3.26. The van der Waals surface area contributed by atoms with Crippen molar-refractivity contribution in [3.05, 3.63) is 76.3 Å². The van der Waals surface area contributed by atoms with E-state index in [4.69, 9.17) is 14.2 Å². The monoisotopic (exact) mass is 525 g/mol. The number of halogens is 1. The Kier molecular flexibility index (Phi) is 6.90. The van der Waals surface area contributed by atoms with Crippen LogP contribution in [0, 0.1) is 0 Å². The second-order valence-corrected chi connectivity index (χ2v) is 8.77. The highest BCUT2D eigenvalue weighted by Crippen LogP contribution is 2.33. The molecule has 168 valence electrons. The maximum Gasteiger partial charge on any atom is 0.281 e. The van der Waals surface area contributed by atoms with E-state index in [1.165, 1.54) is 30.6 Å². The number of fused-ring (bicyclic) bond motifs is 1. The molecule has 9 heteroatoms. The summed E-state index contributed by atoms with van der Waals surface area (Å²) in [5, 5.41) is 6.23. The molecule has 3 aromatic carbocycles. The molecule has 1 aromatic heterocycles. The maximum atomic E-state index is 13.6. The van der Waals surface area contributed by atoms with Gasteiger partial charge in [0.2, 0.25) is 5.13 Å². The molecule has 0 aliphatic carbocycles. The van der Waals surface area contributed by atoms with Crippen LogP contribution < -0.4 is 19.2 Å². The third-order valence-electron chi connectivity index (χ3n) is 4.75. The van der Waals surface area contributed by atoms with Crippen molar-refractivity contribution >= 4 is 54.7 Å². The molecule has 1 heterocycles. The van der Waals surface area contributed by atoms with Crippen LogP contribution in [0.5, 0.6) is 17.2 Å². The van der Waals surface area contributed by atoms with Gasteiger partial charge in [0.1, 0.15) is 17.2 Å². The Morgan fingerprint density at radius 1 is 0.939 bits per heavy atom. The van der Waals surface area contributed by atoms with E-state index in [-0.39, 0.29) is 5.91 Å². The van der Waals surface area contributed by atoms with Gasteiger partial charge >= 0.3 is 0 Å². The molecular formula is C24H20BrN3O4S. The number of benzene rings is 3. The fourth-order valence-corrected chi connectivity index (χ4v) is 4.51. The lowest BCUT2D eigenvalue weighted by Gasteiger charge is -2.15. The van der Waals surface area contributed by atoms with Crippen LogP contribution in [-0.2, 0) is 0 Å². The van der Waals surface area contributed by atoms with Gasteiger partial charge in [-0.2, -0.15) is 10.1 Å². The zero-order valence-electron chi connectivity index (χ0n) is 18.1. The molecule has 0 radical (unpaired) electrons. The molecule has 4 aromatic rings. The minimum atomic E-state index is -0.366. The van der Waals surface area contributed by atoms with E-state index in [0.29, 0.717) is 22.2 Å². The Balaban J connectivity index is 1.77. The standard InChI is InChI=1S/C24H20BrN3O4S/c1-30-18-7-4-15(5-8-18)14-26-28(24-27-21-9-6-17(25)12-22(21)33-24)23(29)16-10-19(31-2)13-20(11-16)32-3/h4-14H,1-3H3/b26-14+. The number of hydrogen-bond acceptors (Lipinski definition) is 7. The highest BCUT2D eigenvalue weighted by atomic mass is 79.9. The summed E-state index contributed by atoms with van der Waals surface area (Å²) in [6, 6.07) is 18.1. The summed E-state index contributed by atoms with van der Waals surface area (Å²) in [4.78, 5) is 18.2. The van der Waals surface area contributed by atoms with Gasteiger partial charge in [0.05, 0.1) is 37.8 Å². The van der Waals surface area contributed by atoms with E-state index in [1.54, 1.807) is 31.5 Å². The second kappa shape index (κ2) is 10.0. The first-order chi connectivity index (χ1) is 16.0. The molecule has 0 aliphatic heterocycles. The van der Waals surface area contributed by atoms with Crippen LogP contribution in [0.1, 0.15) is 15.9 Å². The van der Waals surface area contributed by atoms with Crippen molar-refractivity contribution in [3.8, 4) is 17.2 Å². The van der Waals surface area contributed by atoms with Gasteiger partial charge in [-0.3, -0.25) is 4.79 Å². The van der Waals surface area contributed by atoms with Crippen LogP contribution >= 0.6 is 27.3 Å². The maximum absolute atomic E-state index is 13.6. The van der Waals surface area contributed by atoms with Gasteiger partial charge in [-0.05, 0) is 60.2 Å². The van der Waals surface area contributed by atoms with Crippen molar-refractivity contribution in [3.63, 3.8) is 0 Å². The largest absolute Gasteiger partial charge is 0.497 e. The number of thiazole rings is 1. The van der Waals surface area contributed by atoms with Gasteiger partial charge in [0.15, 0.2) is 0 Å². The van der Waals surface area contributed by atoms with Crippen molar-refractivity contribution in [2.24, 2.45) is 5.10 Å². The fourth-order valence-electron chi connectivity index (χ4n) is 3.03. The van der Waals surface area contributed by atoms with E-state index >= 15 is 0 Å². The summed E-state index contributed by atoms with van der Waals surface area (Å²) >= 11 is 4.85. The molecular weight excluding hydrogens is 506 g/mol. The molecule has 0 atom stereocenters. The minimum Gasteiger partial charge on any atom is -0.497 e. The predicted octanol–water partition coefficient (Wildman–Crippen LogP) is 5.77. The minimum absolute atomic E-state index is 0.360. The molecule has 4 rings (SSSR count). The van der Waals surface area contributed by atoms with Gasteiger partial charge in [0.25, 0.3) is 5.91 Å². The first-order valence-electron chi connectivity index (χ1n) is 9.82. The van der Waals surface area contributed by atoms with E-state index in [1.807, 2.05) is 42.5 Å². The Bertz CT molecular complexity index is 1300. The van der Waals surface area contributed by atoms with Crippen molar-refractivity contribution in [1.29, 1.82) is 0 Å². The molecule has 0 N–H and O–H groups in total. The fraction of sp³-hybridized carbons (Fsp3) is 0.125. The molecule has 7 nitrogen and oxygen atoms in total. The van der Waals surface area contributed by atoms with Crippen LogP contribution in [0.25, 0.3) is 10.2 Å². The van der Waals surface area contributed by atoms with E-state index in [0.717, 1.165) is 26.0 Å². The smallest absolute Gasteiger partial charge is 0.281 e. The number of anilines is 1. The van der Waals surface area contributed by atoms with Crippen molar-refractivity contribution in [2.75, 3.05) is 26.3 Å². The Labute approximate surface area is 203 Å². The molecule has 0 spiro atoms. The molecule has 0 fully saturated rings. The number of carbonyl (C=O) groups is 1. The zero-order valence-corrected chi connectivity index (χ0v) is 20.5. The molecule has 0 unspecified atom stereocenters. The lowest BCUT2D eigenvalue weighted by atomic mass is 10.2. The molecule has 33 heavy (non-hydrogen) atoms. The van der Waals surface area contributed by atoms with Crippen LogP contribution in [0.4, 0.5) is 5.13 Å². The number of carbonyl (C=O) groups excluding carboxylic acids is 1. The van der Waals surface area contributed by atoms with Crippen LogP contribution in [0.2, 0.25) is 0 Å². The normalized spacial score (nSPS) is 11.0. The van der Waals surface area contributed by atoms with E-state index in [2.05, 4.69) is 26.0 Å². The lowest BCUT2D eigenvalue weighted by molar-refractivity contribution is 0.0987. The van der Waals surface area contributed by atoms with Crippen molar-refractivity contribution in [2.45, 2.75) is 0 Å². The molecule has 0 bridgehead atoms. The third kappa shape index (κ3) is 5.15. The number of rotatable bonds is 7. The van der Waals surface area contributed by atoms with Crippen LogP contribution in [-0.4, -0.2) is 38.4 Å². The quantitative estimate of drug-likeness (QED) is 0.226. The summed E-state index contributed by atoms with van der Waals surface area (Å²) in [7, 11) is 4.68. The number of hydrogen-bond donors (Lipinski definition) is 0. The summed E-state index contributed by atoms with van der Waals surface area (Å²) in [5.74, 6) is 1.38. The number of ether oxygens (including phenoxy) is 3. The summed E-state index contributed by atoms with van der Waals surface area (Å²) in [6.45, 7) is 0. The first kappa shape index (κ1) is 22.8. The molecule has 0 saturated carbocycles. The molecule has 0 aliphatic rings.